The molecule has 2 rings (SSSR count). The smallest absolute Gasteiger partial charge is 0.261 e. The molecule has 6 heteroatoms. The summed E-state index contributed by atoms with van der Waals surface area (Å²) in [4.78, 5) is 6.48. The molecule has 0 fully saturated rings. The Morgan fingerprint density at radius 1 is 1.30 bits per heavy atom. The molecule has 20 heavy (non-hydrogen) atoms. The Kier molecular flexibility index (Phi) is 4.68. The van der Waals surface area contributed by atoms with Crippen molar-refractivity contribution in [3.8, 4) is 17.2 Å². The van der Waals surface area contributed by atoms with Gasteiger partial charge in [0.2, 0.25) is 0 Å². The summed E-state index contributed by atoms with van der Waals surface area (Å²) in [6.07, 6.45) is 0.674. The normalized spacial score (nSPS) is 11.2. The third-order valence-corrected chi connectivity index (χ3v) is 3.20. The molecule has 1 aromatic carbocycles. The molecule has 0 unspecified atom stereocenters. The highest BCUT2D eigenvalue weighted by molar-refractivity contribution is 5.61. The lowest BCUT2D eigenvalue weighted by atomic mass is 10.2. The SMILES string of the molecule is CCN(CC)CCc1noc(-c2ccc(F)cc2O)n1. The molecule has 0 atom stereocenters. The predicted molar refractivity (Wildman–Crippen MR) is 72.8 cm³/mol. The van der Waals surface area contributed by atoms with Crippen LogP contribution < -0.4 is 0 Å². The average molecular weight is 279 g/mol. The van der Waals surface area contributed by atoms with Crippen molar-refractivity contribution in [2.24, 2.45) is 0 Å². The zero-order chi connectivity index (χ0) is 14.5. The molecule has 0 aliphatic heterocycles. The Bertz CT molecular complexity index is 567. The van der Waals surface area contributed by atoms with Crippen LogP contribution >= 0.6 is 0 Å². The maximum absolute atomic E-state index is 12.9. The Morgan fingerprint density at radius 2 is 2.05 bits per heavy atom. The number of phenols is 1. The molecular formula is C14H18FN3O2. The van der Waals surface area contributed by atoms with Crippen molar-refractivity contribution < 1.29 is 14.0 Å². The van der Waals surface area contributed by atoms with Crippen LogP contribution in [-0.4, -0.2) is 39.8 Å². The molecule has 0 radical (unpaired) electrons. The van der Waals surface area contributed by atoms with E-state index in [-0.39, 0.29) is 11.6 Å². The number of aromatic hydroxyl groups is 1. The fourth-order valence-electron chi connectivity index (χ4n) is 1.95. The van der Waals surface area contributed by atoms with Gasteiger partial charge >= 0.3 is 0 Å². The first-order chi connectivity index (χ1) is 9.63. The lowest BCUT2D eigenvalue weighted by molar-refractivity contribution is 0.303. The van der Waals surface area contributed by atoms with Gasteiger partial charge in [0.15, 0.2) is 5.82 Å². The van der Waals surface area contributed by atoms with E-state index in [1.54, 1.807) is 0 Å². The number of aromatic nitrogens is 2. The summed E-state index contributed by atoms with van der Waals surface area (Å²) in [6, 6.07) is 3.69. The zero-order valence-corrected chi connectivity index (χ0v) is 11.6. The summed E-state index contributed by atoms with van der Waals surface area (Å²) in [5, 5.41) is 13.6. The summed E-state index contributed by atoms with van der Waals surface area (Å²) in [7, 11) is 0. The van der Waals surface area contributed by atoms with Gasteiger partial charge in [0.1, 0.15) is 11.6 Å². The van der Waals surface area contributed by atoms with Crippen LogP contribution in [0.2, 0.25) is 0 Å². The minimum Gasteiger partial charge on any atom is -0.507 e. The van der Waals surface area contributed by atoms with Crippen molar-refractivity contribution in [3.05, 3.63) is 29.8 Å². The average Bonchev–Trinajstić information content (AvgIpc) is 2.88. The maximum atomic E-state index is 12.9. The molecule has 0 spiro atoms. The summed E-state index contributed by atoms with van der Waals surface area (Å²) >= 11 is 0. The van der Waals surface area contributed by atoms with Crippen molar-refractivity contribution in [3.63, 3.8) is 0 Å². The number of hydrogen-bond acceptors (Lipinski definition) is 5. The standard InChI is InChI=1S/C14H18FN3O2/c1-3-18(4-2)8-7-13-16-14(20-17-13)11-6-5-10(15)9-12(11)19/h5-6,9,19H,3-4,7-8H2,1-2H3. The molecule has 1 aromatic heterocycles. The topological polar surface area (TPSA) is 62.4 Å². The van der Waals surface area contributed by atoms with E-state index in [1.165, 1.54) is 12.1 Å². The first-order valence-electron chi connectivity index (χ1n) is 6.67. The number of halogens is 1. The zero-order valence-electron chi connectivity index (χ0n) is 11.6. The van der Waals surface area contributed by atoms with E-state index >= 15 is 0 Å². The molecule has 1 N–H and O–H groups in total. The van der Waals surface area contributed by atoms with Gasteiger partial charge < -0.3 is 14.5 Å². The highest BCUT2D eigenvalue weighted by Gasteiger charge is 2.13. The van der Waals surface area contributed by atoms with Crippen molar-refractivity contribution in [2.45, 2.75) is 20.3 Å². The molecule has 0 amide bonds. The van der Waals surface area contributed by atoms with Gasteiger partial charge in [-0.3, -0.25) is 0 Å². The third kappa shape index (κ3) is 3.33. The molecule has 0 aliphatic rings. The van der Waals surface area contributed by atoms with Crippen LogP contribution in [0.15, 0.2) is 22.7 Å². The molecule has 1 heterocycles. The summed E-state index contributed by atoms with van der Waals surface area (Å²) in [5.74, 6) is 0.0733. The number of benzene rings is 1. The van der Waals surface area contributed by atoms with Crippen molar-refractivity contribution in [1.82, 2.24) is 15.0 Å². The van der Waals surface area contributed by atoms with Gasteiger partial charge in [-0.2, -0.15) is 4.98 Å². The van der Waals surface area contributed by atoms with Crippen molar-refractivity contribution in [2.75, 3.05) is 19.6 Å². The molecule has 0 bridgehead atoms. The monoisotopic (exact) mass is 279 g/mol. The number of phenolic OH excluding ortho intramolecular Hbond substituents is 1. The van der Waals surface area contributed by atoms with Gasteiger partial charge in [-0.25, -0.2) is 4.39 Å². The number of rotatable bonds is 6. The quantitative estimate of drug-likeness (QED) is 0.880. The Morgan fingerprint density at radius 3 is 2.70 bits per heavy atom. The molecular weight excluding hydrogens is 261 g/mol. The summed E-state index contributed by atoms with van der Waals surface area (Å²) in [6.45, 7) is 6.99. The van der Waals surface area contributed by atoms with Gasteiger partial charge in [0, 0.05) is 19.0 Å². The van der Waals surface area contributed by atoms with Crippen molar-refractivity contribution in [1.29, 1.82) is 0 Å². The maximum Gasteiger partial charge on any atom is 0.261 e. The summed E-state index contributed by atoms with van der Waals surface area (Å²) < 4.78 is 18.0. The third-order valence-electron chi connectivity index (χ3n) is 3.20. The Balaban J connectivity index is 2.08. The van der Waals surface area contributed by atoms with Crippen LogP contribution in [-0.2, 0) is 6.42 Å². The summed E-state index contributed by atoms with van der Waals surface area (Å²) in [5.41, 5.74) is 0.341. The second-order valence-electron chi connectivity index (χ2n) is 4.45. The largest absolute Gasteiger partial charge is 0.507 e. The van der Waals surface area contributed by atoms with Gasteiger partial charge in [0.05, 0.1) is 5.56 Å². The molecule has 0 aliphatic carbocycles. The first kappa shape index (κ1) is 14.5. The fourth-order valence-corrected chi connectivity index (χ4v) is 1.95. The molecule has 108 valence electrons. The van der Waals surface area contributed by atoms with E-state index in [0.29, 0.717) is 17.8 Å². The number of nitrogens with zero attached hydrogens (tertiary/aromatic N) is 3. The van der Waals surface area contributed by atoms with Gasteiger partial charge in [0.25, 0.3) is 5.89 Å². The van der Waals surface area contributed by atoms with Crippen LogP contribution in [0.25, 0.3) is 11.5 Å². The van der Waals surface area contributed by atoms with E-state index in [0.717, 1.165) is 25.7 Å². The predicted octanol–water partition coefficient (Wildman–Crippen LogP) is 2.47. The lowest BCUT2D eigenvalue weighted by Crippen LogP contribution is -2.25. The molecule has 2 aromatic rings. The van der Waals surface area contributed by atoms with Gasteiger partial charge in [-0.1, -0.05) is 19.0 Å². The Hall–Kier alpha value is -1.95. The lowest BCUT2D eigenvalue weighted by Gasteiger charge is -2.16. The minimum absolute atomic E-state index is 0.205. The Labute approximate surface area is 117 Å². The van der Waals surface area contributed by atoms with Gasteiger partial charge in [-0.05, 0) is 25.2 Å². The van der Waals surface area contributed by atoms with E-state index in [1.807, 2.05) is 0 Å². The second-order valence-corrected chi connectivity index (χ2v) is 4.45. The fraction of sp³-hybridized carbons (Fsp3) is 0.429. The number of hydrogen-bond donors (Lipinski definition) is 1. The molecule has 0 saturated heterocycles. The van der Waals surface area contributed by atoms with Crippen LogP contribution in [0, 0.1) is 5.82 Å². The highest BCUT2D eigenvalue weighted by atomic mass is 19.1. The molecule has 5 nitrogen and oxygen atoms in total. The van der Waals surface area contributed by atoms with E-state index in [4.69, 9.17) is 4.52 Å². The second kappa shape index (κ2) is 6.47. The van der Waals surface area contributed by atoms with Crippen LogP contribution in [0.5, 0.6) is 5.75 Å². The minimum atomic E-state index is -0.507. The first-order valence-corrected chi connectivity index (χ1v) is 6.67. The van der Waals surface area contributed by atoms with Crippen LogP contribution in [0.3, 0.4) is 0 Å². The number of likely N-dealkylation sites (N-methyl/N-ethyl adjacent to an activating group) is 1. The van der Waals surface area contributed by atoms with Crippen molar-refractivity contribution >= 4 is 0 Å². The van der Waals surface area contributed by atoms with Gasteiger partial charge in [-0.15, -0.1) is 0 Å². The van der Waals surface area contributed by atoms with E-state index in [9.17, 15) is 9.50 Å². The van der Waals surface area contributed by atoms with E-state index < -0.39 is 5.82 Å². The molecule has 0 saturated carbocycles. The highest BCUT2D eigenvalue weighted by Crippen LogP contribution is 2.28. The van der Waals surface area contributed by atoms with E-state index in [2.05, 4.69) is 28.9 Å². The van der Waals surface area contributed by atoms with Crippen LogP contribution in [0.4, 0.5) is 4.39 Å². The van der Waals surface area contributed by atoms with Crippen LogP contribution in [0.1, 0.15) is 19.7 Å².